The third kappa shape index (κ3) is 1.31. The van der Waals surface area contributed by atoms with Crippen molar-refractivity contribution in [3.8, 4) is 11.3 Å². The largest absolute Gasteiger partial charge is 0.453 e. The van der Waals surface area contributed by atoms with Crippen LogP contribution in [0.5, 0.6) is 0 Å². The van der Waals surface area contributed by atoms with Gasteiger partial charge >= 0.3 is 0 Å². The Morgan fingerprint density at radius 1 is 1.07 bits per heavy atom. The highest BCUT2D eigenvalue weighted by atomic mass is 16.3. The van der Waals surface area contributed by atoms with Gasteiger partial charge < -0.3 is 4.42 Å². The first kappa shape index (κ1) is 8.24. The second-order valence-corrected chi connectivity index (χ2v) is 3.30. The molecule has 71 valence electrons. The Balaban J connectivity index is 2.31. The number of benzene rings is 1. The molecule has 0 aliphatic heterocycles. The van der Waals surface area contributed by atoms with Crippen LogP contribution in [0.4, 0.5) is 0 Å². The van der Waals surface area contributed by atoms with Gasteiger partial charge in [-0.25, -0.2) is 0 Å². The van der Waals surface area contributed by atoms with Crippen molar-refractivity contribution >= 4 is 11.0 Å². The van der Waals surface area contributed by atoms with Crippen LogP contribution in [0.2, 0.25) is 0 Å². The van der Waals surface area contributed by atoms with E-state index in [4.69, 9.17) is 4.42 Å². The standard InChI is InChI=1S/C13H8NO/c1-2-8-14-12(5-1)10-4-3-6-13-11(10)7-9-15-13/h1-8H. The molecule has 0 atom stereocenters. The van der Waals surface area contributed by atoms with Gasteiger partial charge in [0.25, 0.3) is 0 Å². The van der Waals surface area contributed by atoms with Crippen LogP contribution in [-0.2, 0) is 0 Å². The van der Waals surface area contributed by atoms with Gasteiger partial charge in [0.15, 0.2) is 6.26 Å². The highest BCUT2D eigenvalue weighted by Crippen LogP contribution is 2.27. The van der Waals surface area contributed by atoms with Gasteiger partial charge in [0.05, 0.1) is 5.69 Å². The zero-order valence-corrected chi connectivity index (χ0v) is 7.97. The number of pyridine rings is 1. The molecule has 0 amide bonds. The maximum Gasteiger partial charge on any atom is 0.170 e. The van der Waals surface area contributed by atoms with Crippen molar-refractivity contribution in [2.24, 2.45) is 0 Å². The topological polar surface area (TPSA) is 26.0 Å². The van der Waals surface area contributed by atoms with E-state index in [0.29, 0.717) is 0 Å². The molecule has 3 aromatic rings. The molecule has 0 fully saturated rings. The number of rotatable bonds is 1. The highest BCUT2D eigenvalue weighted by molar-refractivity contribution is 5.92. The summed E-state index contributed by atoms with van der Waals surface area (Å²) in [7, 11) is 0. The van der Waals surface area contributed by atoms with E-state index in [0.717, 1.165) is 22.2 Å². The molecule has 0 N–H and O–H groups in total. The number of furan rings is 1. The average molecular weight is 194 g/mol. The lowest BCUT2D eigenvalue weighted by Crippen LogP contribution is -1.81. The molecule has 2 nitrogen and oxygen atoms in total. The maximum absolute atomic E-state index is 5.23. The lowest BCUT2D eigenvalue weighted by Gasteiger charge is -2.00. The summed E-state index contributed by atoms with van der Waals surface area (Å²) in [6.45, 7) is 0. The van der Waals surface area contributed by atoms with Gasteiger partial charge in [-0.2, -0.15) is 0 Å². The Hall–Kier alpha value is -2.09. The molecular formula is C13H8NO. The predicted octanol–water partition coefficient (Wildman–Crippen LogP) is 3.29. The lowest BCUT2D eigenvalue weighted by atomic mass is 10.1. The average Bonchev–Trinajstić information content (AvgIpc) is 2.78. The molecule has 0 saturated carbocycles. The number of aromatic nitrogens is 1. The number of hydrogen-bond acceptors (Lipinski definition) is 2. The molecule has 2 heterocycles. The van der Waals surface area contributed by atoms with Gasteiger partial charge in [-0.3, -0.25) is 4.98 Å². The van der Waals surface area contributed by atoms with Gasteiger partial charge in [-0.1, -0.05) is 18.2 Å². The molecule has 0 aliphatic carbocycles. The second-order valence-electron chi connectivity index (χ2n) is 3.30. The Morgan fingerprint density at radius 3 is 2.93 bits per heavy atom. The lowest BCUT2D eigenvalue weighted by molar-refractivity contribution is 0.606. The van der Waals surface area contributed by atoms with E-state index in [2.05, 4.69) is 11.2 Å². The molecule has 1 radical (unpaired) electrons. The van der Waals surface area contributed by atoms with Gasteiger partial charge in [0.2, 0.25) is 0 Å². The molecule has 0 aliphatic rings. The normalized spacial score (nSPS) is 10.7. The minimum atomic E-state index is 0.846. The number of fused-ring (bicyclic) bond motifs is 1. The van der Waals surface area contributed by atoms with Gasteiger partial charge in [-0.05, 0) is 24.3 Å². The van der Waals surface area contributed by atoms with Crippen LogP contribution in [0.1, 0.15) is 0 Å². The van der Waals surface area contributed by atoms with E-state index in [9.17, 15) is 0 Å². The summed E-state index contributed by atoms with van der Waals surface area (Å²) in [6, 6.07) is 13.6. The zero-order chi connectivity index (χ0) is 10.1. The van der Waals surface area contributed by atoms with Crippen molar-refractivity contribution in [1.29, 1.82) is 0 Å². The fourth-order valence-corrected chi connectivity index (χ4v) is 1.68. The summed E-state index contributed by atoms with van der Waals surface area (Å²) >= 11 is 0. The summed E-state index contributed by atoms with van der Waals surface area (Å²) in [5, 5.41) is 1.05. The molecule has 15 heavy (non-hydrogen) atoms. The van der Waals surface area contributed by atoms with E-state index >= 15 is 0 Å². The van der Waals surface area contributed by atoms with Crippen LogP contribution in [0.25, 0.3) is 22.2 Å². The molecule has 0 bridgehead atoms. The van der Waals surface area contributed by atoms with Crippen LogP contribution in [0, 0.1) is 6.26 Å². The third-order valence-corrected chi connectivity index (χ3v) is 2.38. The predicted molar refractivity (Wildman–Crippen MR) is 58.3 cm³/mol. The van der Waals surface area contributed by atoms with Crippen LogP contribution in [-0.4, -0.2) is 4.98 Å². The van der Waals surface area contributed by atoms with Gasteiger partial charge in [-0.15, -0.1) is 0 Å². The summed E-state index contributed by atoms with van der Waals surface area (Å²) in [4.78, 5) is 4.32. The molecule has 2 heteroatoms. The summed E-state index contributed by atoms with van der Waals surface area (Å²) in [5.41, 5.74) is 2.88. The van der Waals surface area contributed by atoms with Crippen LogP contribution >= 0.6 is 0 Å². The molecular weight excluding hydrogens is 186 g/mol. The fraction of sp³-hybridized carbons (Fsp3) is 0. The van der Waals surface area contributed by atoms with E-state index in [1.54, 1.807) is 6.20 Å². The first-order chi connectivity index (χ1) is 7.45. The minimum Gasteiger partial charge on any atom is -0.453 e. The fourth-order valence-electron chi connectivity index (χ4n) is 1.68. The first-order valence-corrected chi connectivity index (χ1v) is 4.75. The van der Waals surface area contributed by atoms with Gasteiger partial charge in [0, 0.05) is 17.1 Å². The Kier molecular flexibility index (Phi) is 1.78. The SMILES string of the molecule is [c]1cc2c(-c3ccccn3)cccc2o1. The second kappa shape index (κ2) is 3.24. The van der Waals surface area contributed by atoms with Crippen LogP contribution in [0.15, 0.2) is 53.1 Å². The van der Waals surface area contributed by atoms with Crippen molar-refractivity contribution in [1.82, 2.24) is 4.98 Å². The van der Waals surface area contributed by atoms with E-state index in [-0.39, 0.29) is 0 Å². The molecule has 0 unspecified atom stereocenters. The van der Waals surface area contributed by atoms with E-state index in [1.807, 2.05) is 42.5 Å². The van der Waals surface area contributed by atoms with Crippen LogP contribution < -0.4 is 0 Å². The van der Waals surface area contributed by atoms with Crippen LogP contribution in [0.3, 0.4) is 0 Å². The quantitative estimate of drug-likeness (QED) is 0.594. The third-order valence-electron chi connectivity index (χ3n) is 2.38. The van der Waals surface area contributed by atoms with Crippen molar-refractivity contribution in [2.75, 3.05) is 0 Å². The first-order valence-electron chi connectivity index (χ1n) is 4.75. The smallest absolute Gasteiger partial charge is 0.170 e. The summed E-state index contributed by atoms with van der Waals surface area (Å²) in [5.74, 6) is 0. The van der Waals surface area contributed by atoms with E-state index in [1.165, 1.54) is 0 Å². The highest BCUT2D eigenvalue weighted by Gasteiger charge is 2.05. The van der Waals surface area contributed by atoms with Crippen molar-refractivity contribution in [3.05, 3.63) is 54.9 Å². The van der Waals surface area contributed by atoms with Crippen molar-refractivity contribution in [3.63, 3.8) is 0 Å². The summed E-state index contributed by atoms with van der Waals surface area (Å²) in [6.07, 6.45) is 4.53. The minimum absolute atomic E-state index is 0.846. The van der Waals surface area contributed by atoms with Crippen molar-refractivity contribution in [2.45, 2.75) is 0 Å². The summed E-state index contributed by atoms with van der Waals surface area (Å²) < 4.78 is 5.23. The van der Waals surface area contributed by atoms with E-state index < -0.39 is 0 Å². The molecule has 0 spiro atoms. The molecule has 2 aromatic heterocycles. The Morgan fingerprint density at radius 2 is 2.07 bits per heavy atom. The molecule has 0 saturated heterocycles. The molecule has 3 rings (SSSR count). The van der Waals surface area contributed by atoms with Gasteiger partial charge in [0.1, 0.15) is 5.58 Å². The Bertz CT molecular complexity index is 584. The Labute approximate surface area is 87.2 Å². The maximum atomic E-state index is 5.23. The zero-order valence-electron chi connectivity index (χ0n) is 7.97. The number of nitrogens with zero attached hydrogens (tertiary/aromatic N) is 1. The monoisotopic (exact) mass is 194 g/mol. The number of hydrogen-bond donors (Lipinski definition) is 0. The van der Waals surface area contributed by atoms with Crippen molar-refractivity contribution < 1.29 is 4.42 Å². The molecule has 1 aromatic carbocycles.